The van der Waals surface area contributed by atoms with E-state index in [9.17, 15) is 4.39 Å². The van der Waals surface area contributed by atoms with Gasteiger partial charge < -0.3 is 0 Å². The number of nitrogens with zero attached hydrogens (tertiary/aromatic N) is 3. The number of hydrogen-bond donors (Lipinski definition) is 0. The molecule has 3 nitrogen and oxygen atoms in total. The van der Waals surface area contributed by atoms with Crippen LogP contribution in [0, 0.1) is 12.7 Å². The van der Waals surface area contributed by atoms with E-state index in [1.165, 1.54) is 18.3 Å². The lowest BCUT2D eigenvalue weighted by Crippen LogP contribution is -2.00. The van der Waals surface area contributed by atoms with Crippen LogP contribution < -0.4 is 0 Å². The predicted octanol–water partition coefficient (Wildman–Crippen LogP) is 4.96. The summed E-state index contributed by atoms with van der Waals surface area (Å²) in [6.45, 7) is 1.79. The molecule has 0 spiro atoms. The maximum absolute atomic E-state index is 14.2. The van der Waals surface area contributed by atoms with Crippen LogP contribution in [0.5, 0.6) is 0 Å². The first-order chi connectivity index (χ1) is 10.6. The molecule has 0 saturated heterocycles. The molecule has 22 heavy (non-hydrogen) atoms. The molecule has 0 aliphatic heterocycles. The van der Waals surface area contributed by atoms with E-state index < -0.39 is 5.82 Å². The molecule has 6 heteroatoms. The summed E-state index contributed by atoms with van der Waals surface area (Å²) in [6, 6.07) is 10.0. The lowest BCUT2D eigenvalue weighted by molar-refractivity contribution is 0.625. The smallest absolute Gasteiger partial charge is 0.161 e. The highest BCUT2D eigenvalue weighted by atomic mass is 35.5. The van der Waals surface area contributed by atoms with Gasteiger partial charge in [-0.25, -0.2) is 4.39 Å². The van der Waals surface area contributed by atoms with Gasteiger partial charge in [0.25, 0.3) is 0 Å². The Bertz CT molecular complexity index is 835. The van der Waals surface area contributed by atoms with Crippen LogP contribution in [0.3, 0.4) is 0 Å². The molecule has 0 bridgehead atoms. The van der Waals surface area contributed by atoms with Gasteiger partial charge in [-0.15, -0.1) is 5.10 Å². The van der Waals surface area contributed by atoms with Crippen LogP contribution in [-0.2, 0) is 0 Å². The van der Waals surface area contributed by atoms with Gasteiger partial charge in [0.1, 0.15) is 11.5 Å². The van der Waals surface area contributed by atoms with Gasteiger partial charge in [-0.2, -0.15) is 5.10 Å². The van der Waals surface area contributed by atoms with Crippen molar-refractivity contribution in [2.45, 2.75) is 6.92 Å². The molecule has 0 atom stereocenters. The van der Waals surface area contributed by atoms with Gasteiger partial charge in [0.15, 0.2) is 5.15 Å². The minimum atomic E-state index is -0.466. The minimum Gasteiger partial charge on any atom is -0.253 e. The summed E-state index contributed by atoms with van der Waals surface area (Å²) < 4.78 is 14.2. The standard InChI is InChI=1S/C16H10Cl2FN3/c1-9-13(10-4-6-11(17)7-5-10)14(16(18)22-21-9)15-12(19)3-2-8-20-15/h2-8H,1H3. The van der Waals surface area contributed by atoms with E-state index >= 15 is 0 Å². The van der Waals surface area contributed by atoms with Crippen molar-refractivity contribution in [2.24, 2.45) is 0 Å². The highest BCUT2D eigenvalue weighted by molar-refractivity contribution is 6.33. The third-order valence-electron chi connectivity index (χ3n) is 3.23. The van der Waals surface area contributed by atoms with Gasteiger partial charge in [-0.05, 0) is 36.8 Å². The molecule has 2 aromatic heterocycles. The third-order valence-corrected chi connectivity index (χ3v) is 3.75. The molecule has 110 valence electrons. The van der Waals surface area contributed by atoms with Gasteiger partial charge >= 0.3 is 0 Å². The monoisotopic (exact) mass is 333 g/mol. The molecule has 0 amide bonds. The third kappa shape index (κ3) is 2.67. The molecule has 0 saturated carbocycles. The zero-order valence-corrected chi connectivity index (χ0v) is 13.0. The maximum Gasteiger partial charge on any atom is 0.161 e. The van der Waals surface area contributed by atoms with E-state index in [1.807, 2.05) is 12.1 Å². The summed E-state index contributed by atoms with van der Waals surface area (Å²) in [5.74, 6) is -0.466. The summed E-state index contributed by atoms with van der Waals surface area (Å²) in [5, 5.41) is 8.63. The van der Waals surface area contributed by atoms with Crippen LogP contribution in [0.15, 0.2) is 42.6 Å². The first-order valence-electron chi connectivity index (χ1n) is 6.47. The lowest BCUT2D eigenvalue weighted by atomic mass is 9.97. The average molecular weight is 334 g/mol. The molecular formula is C16H10Cl2FN3. The van der Waals surface area contributed by atoms with E-state index in [1.54, 1.807) is 19.1 Å². The first-order valence-corrected chi connectivity index (χ1v) is 7.23. The van der Waals surface area contributed by atoms with Crippen molar-refractivity contribution >= 4 is 23.2 Å². The number of halogens is 3. The summed E-state index contributed by atoms with van der Waals surface area (Å²) >= 11 is 12.1. The fourth-order valence-corrected chi connectivity index (χ4v) is 2.61. The number of hydrogen-bond acceptors (Lipinski definition) is 3. The highest BCUT2D eigenvalue weighted by Gasteiger charge is 2.20. The second-order valence-corrected chi connectivity index (χ2v) is 5.46. The summed E-state index contributed by atoms with van der Waals surface area (Å²) in [7, 11) is 0. The number of aromatic nitrogens is 3. The summed E-state index contributed by atoms with van der Waals surface area (Å²) in [6.07, 6.45) is 1.51. The van der Waals surface area contributed by atoms with Crippen LogP contribution >= 0.6 is 23.2 Å². The molecule has 0 aliphatic rings. The normalized spacial score (nSPS) is 10.7. The minimum absolute atomic E-state index is 0.105. The van der Waals surface area contributed by atoms with Crippen molar-refractivity contribution < 1.29 is 4.39 Å². The number of pyridine rings is 1. The average Bonchev–Trinajstić information content (AvgIpc) is 2.51. The van der Waals surface area contributed by atoms with Crippen LogP contribution in [0.1, 0.15) is 5.69 Å². The Balaban J connectivity index is 2.33. The lowest BCUT2D eigenvalue weighted by Gasteiger charge is -2.13. The number of benzene rings is 1. The molecule has 0 fully saturated rings. The molecule has 3 rings (SSSR count). The van der Waals surface area contributed by atoms with Crippen molar-refractivity contribution in [1.82, 2.24) is 15.2 Å². The van der Waals surface area contributed by atoms with E-state index in [0.717, 1.165) is 5.56 Å². The fourth-order valence-electron chi connectivity index (χ4n) is 2.26. The van der Waals surface area contributed by atoms with Gasteiger partial charge in [0.05, 0.1) is 11.3 Å². The maximum atomic E-state index is 14.2. The summed E-state index contributed by atoms with van der Waals surface area (Å²) in [4.78, 5) is 4.10. The zero-order chi connectivity index (χ0) is 15.7. The largest absolute Gasteiger partial charge is 0.253 e. The SMILES string of the molecule is Cc1nnc(Cl)c(-c2ncccc2F)c1-c1ccc(Cl)cc1. The Hall–Kier alpha value is -2.04. The van der Waals surface area contributed by atoms with Gasteiger partial charge in [-0.1, -0.05) is 35.3 Å². The van der Waals surface area contributed by atoms with Crippen molar-refractivity contribution in [3.05, 3.63) is 64.3 Å². The topological polar surface area (TPSA) is 38.7 Å². The van der Waals surface area contributed by atoms with Crippen molar-refractivity contribution in [3.8, 4) is 22.4 Å². The van der Waals surface area contributed by atoms with Gasteiger partial charge in [0.2, 0.25) is 0 Å². The first kappa shape index (κ1) is 14.9. The quantitative estimate of drug-likeness (QED) is 0.665. The number of rotatable bonds is 2. The summed E-state index contributed by atoms with van der Waals surface area (Å²) in [5.41, 5.74) is 2.71. The Morgan fingerprint density at radius 3 is 2.36 bits per heavy atom. The molecule has 1 aromatic carbocycles. The Kier molecular flexibility index (Phi) is 4.05. The molecule has 0 aliphatic carbocycles. The van der Waals surface area contributed by atoms with E-state index in [2.05, 4.69) is 15.2 Å². The predicted molar refractivity (Wildman–Crippen MR) is 85.4 cm³/mol. The Morgan fingerprint density at radius 2 is 1.68 bits per heavy atom. The zero-order valence-electron chi connectivity index (χ0n) is 11.5. The second-order valence-electron chi connectivity index (χ2n) is 4.67. The van der Waals surface area contributed by atoms with Crippen LogP contribution in [-0.4, -0.2) is 15.2 Å². The molecule has 0 radical (unpaired) electrons. The Morgan fingerprint density at radius 1 is 0.955 bits per heavy atom. The molecular weight excluding hydrogens is 324 g/mol. The van der Waals surface area contributed by atoms with Crippen molar-refractivity contribution in [1.29, 1.82) is 0 Å². The Labute approximate surface area is 136 Å². The van der Waals surface area contributed by atoms with Gasteiger partial charge in [-0.3, -0.25) is 4.98 Å². The molecule has 2 heterocycles. The van der Waals surface area contributed by atoms with Crippen LogP contribution in [0.2, 0.25) is 10.2 Å². The van der Waals surface area contributed by atoms with E-state index in [4.69, 9.17) is 23.2 Å². The van der Waals surface area contributed by atoms with Crippen LogP contribution in [0.4, 0.5) is 4.39 Å². The van der Waals surface area contributed by atoms with E-state index in [0.29, 0.717) is 21.8 Å². The fraction of sp³-hybridized carbons (Fsp3) is 0.0625. The number of aryl methyl sites for hydroxylation is 1. The highest BCUT2D eigenvalue weighted by Crippen LogP contribution is 2.38. The second kappa shape index (κ2) is 5.99. The van der Waals surface area contributed by atoms with Crippen LogP contribution in [0.25, 0.3) is 22.4 Å². The van der Waals surface area contributed by atoms with Crippen molar-refractivity contribution in [3.63, 3.8) is 0 Å². The van der Waals surface area contributed by atoms with E-state index in [-0.39, 0.29) is 10.8 Å². The van der Waals surface area contributed by atoms with Gasteiger partial charge in [0, 0.05) is 16.8 Å². The molecule has 3 aromatic rings. The van der Waals surface area contributed by atoms with Crippen molar-refractivity contribution in [2.75, 3.05) is 0 Å². The molecule has 0 unspecified atom stereocenters. The molecule has 0 N–H and O–H groups in total.